The zero-order valence-corrected chi connectivity index (χ0v) is 13.6. The standard InChI is InChI=1S/C19H21NO4/c21-17(11-14-10-12-5-6-13(14)9-12)24-8-7-20-18(22)15-3-1-2-4-16(15)19(20)23/h1-4,12-14H,5-11H2/t12-,13-,14+/m1/s1. The van der Waals surface area contributed by atoms with Crippen LogP contribution < -0.4 is 0 Å². The molecule has 1 aromatic carbocycles. The number of carbonyl (C=O) groups excluding carboxylic acids is 3. The van der Waals surface area contributed by atoms with Gasteiger partial charge in [0.05, 0.1) is 17.7 Å². The van der Waals surface area contributed by atoms with Gasteiger partial charge in [0, 0.05) is 6.42 Å². The maximum Gasteiger partial charge on any atom is 0.306 e. The van der Waals surface area contributed by atoms with Gasteiger partial charge in [-0.3, -0.25) is 19.3 Å². The largest absolute Gasteiger partial charge is 0.464 e. The fourth-order valence-corrected chi connectivity index (χ4v) is 4.59. The number of amides is 2. The summed E-state index contributed by atoms with van der Waals surface area (Å²) in [4.78, 5) is 37.6. The van der Waals surface area contributed by atoms with Crippen LogP contribution in [0.4, 0.5) is 0 Å². The topological polar surface area (TPSA) is 63.7 Å². The predicted octanol–water partition coefficient (Wildman–Crippen LogP) is 2.65. The highest BCUT2D eigenvalue weighted by atomic mass is 16.5. The molecule has 3 aliphatic rings. The molecule has 0 saturated heterocycles. The Bertz CT molecular complexity index is 663. The Labute approximate surface area is 141 Å². The molecule has 0 radical (unpaired) electrons. The summed E-state index contributed by atoms with van der Waals surface area (Å²) in [6, 6.07) is 6.78. The Morgan fingerprint density at radius 2 is 1.79 bits per heavy atom. The van der Waals surface area contributed by atoms with Gasteiger partial charge in [0.1, 0.15) is 6.61 Å². The fourth-order valence-electron chi connectivity index (χ4n) is 4.59. The van der Waals surface area contributed by atoms with E-state index in [1.807, 2.05) is 0 Å². The van der Waals surface area contributed by atoms with Crippen LogP contribution in [-0.4, -0.2) is 35.8 Å². The van der Waals surface area contributed by atoms with E-state index >= 15 is 0 Å². The predicted molar refractivity (Wildman–Crippen MR) is 86.3 cm³/mol. The lowest BCUT2D eigenvalue weighted by atomic mass is 9.86. The molecule has 2 aliphatic carbocycles. The minimum absolute atomic E-state index is 0.0745. The molecule has 2 fully saturated rings. The van der Waals surface area contributed by atoms with Crippen LogP contribution in [-0.2, 0) is 9.53 Å². The third-order valence-electron chi connectivity index (χ3n) is 5.77. The smallest absolute Gasteiger partial charge is 0.306 e. The fraction of sp³-hybridized carbons (Fsp3) is 0.526. The molecule has 2 amide bonds. The quantitative estimate of drug-likeness (QED) is 0.616. The Kier molecular flexibility index (Phi) is 3.87. The Balaban J connectivity index is 1.27. The molecule has 1 aliphatic heterocycles. The number of carbonyl (C=O) groups is 3. The summed E-state index contributed by atoms with van der Waals surface area (Å²) >= 11 is 0. The average molecular weight is 327 g/mol. The second-order valence-electron chi connectivity index (χ2n) is 7.17. The zero-order valence-electron chi connectivity index (χ0n) is 13.6. The molecular weight excluding hydrogens is 306 g/mol. The van der Waals surface area contributed by atoms with Gasteiger partial charge in [-0.25, -0.2) is 0 Å². The van der Waals surface area contributed by atoms with Crippen LogP contribution in [0.3, 0.4) is 0 Å². The van der Waals surface area contributed by atoms with Gasteiger partial charge < -0.3 is 4.74 Å². The van der Waals surface area contributed by atoms with Crippen molar-refractivity contribution in [2.75, 3.05) is 13.2 Å². The summed E-state index contributed by atoms with van der Waals surface area (Å²) in [5, 5.41) is 0. The molecule has 0 aromatic heterocycles. The number of hydrogen-bond donors (Lipinski definition) is 0. The van der Waals surface area contributed by atoms with E-state index in [1.54, 1.807) is 24.3 Å². The van der Waals surface area contributed by atoms with E-state index in [9.17, 15) is 14.4 Å². The second kappa shape index (κ2) is 6.04. The van der Waals surface area contributed by atoms with Crippen molar-refractivity contribution in [1.29, 1.82) is 0 Å². The molecule has 1 heterocycles. The molecule has 0 N–H and O–H groups in total. The third-order valence-corrected chi connectivity index (χ3v) is 5.77. The zero-order chi connectivity index (χ0) is 16.7. The van der Waals surface area contributed by atoms with Crippen molar-refractivity contribution in [3.05, 3.63) is 35.4 Å². The lowest BCUT2D eigenvalue weighted by Gasteiger charge is -2.20. The molecule has 24 heavy (non-hydrogen) atoms. The van der Waals surface area contributed by atoms with E-state index in [2.05, 4.69) is 0 Å². The summed E-state index contributed by atoms with van der Waals surface area (Å²) in [5.41, 5.74) is 0.853. The van der Waals surface area contributed by atoms with Gasteiger partial charge in [-0.15, -0.1) is 0 Å². The van der Waals surface area contributed by atoms with Gasteiger partial charge in [0.2, 0.25) is 0 Å². The first-order valence-corrected chi connectivity index (χ1v) is 8.74. The van der Waals surface area contributed by atoms with Crippen LogP contribution in [0.15, 0.2) is 24.3 Å². The summed E-state index contributed by atoms with van der Waals surface area (Å²) < 4.78 is 5.28. The number of ether oxygens (including phenoxy) is 1. The molecule has 5 heteroatoms. The maximum absolute atomic E-state index is 12.2. The molecule has 0 unspecified atom stereocenters. The van der Waals surface area contributed by atoms with Crippen molar-refractivity contribution in [3.8, 4) is 0 Å². The first-order chi connectivity index (χ1) is 11.6. The van der Waals surface area contributed by atoms with Crippen molar-refractivity contribution in [1.82, 2.24) is 4.90 Å². The molecule has 3 atom stereocenters. The van der Waals surface area contributed by atoms with Crippen LogP contribution >= 0.6 is 0 Å². The third kappa shape index (κ3) is 2.62. The minimum Gasteiger partial charge on any atom is -0.464 e. The van der Waals surface area contributed by atoms with Crippen molar-refractivity contribution < 1.29 is 19.1 Å². The van der Waals surface area contributed by atoms with Crippen molar-refractivity contribution in [2.45, 2.75) is 32.1 Å². The Morgan fingerprint density at radius 1 is 1.08 bits per heavy atom. The number of benzene rings is 1. The van der Waals surface area contributed by atoms with Gasteiger partial charge >= 0.3 is 5.97 Å². The molecular formula is C19H21NO4. The monoisotopic (exact) mass is 327 g/mol. The number of imide groups is 1. The molecule has 126 valence electrons. The first-order valence-electron chi connectivity index (χ1n) is 8.74. The minimum atomic E-state index is -0.306. The lowest BCUT2D eigenvalue weighted by molar-refractivity contribution is -0.145. The molecule has 4 rings (SSSR count). The van der Waals surface area contributed by atoms with Crippen molar-refractivity contribution in [2.24, 2.45) is 17.8 Å². The number of fused-ring (bicyclic) bond motifs is 3. The Hall–Kier alpha value is -2.17. The van der Waals surface area contributed by atoms with E-state index in [-0.39, 0.29) is 30.9 Å². The van der Waals surface area contributed by atoms with Crippen molar-refractivity contribution in [3.63, 3.8) is 0 Å². The van der Waals surface area contributed by atoms with Gasteiger partial charge in [0.25, 0.3) is 11.8 Å². The number of nitrogens with zero attached hydrogens (tertiary/aromatic N) is 1. The van der Waals surface area contributed by atoms with Crippen LogP contribution in [0, 0.1) is 17.8 Å². The Morgan fingerprint density at radius 3 is 2.38 bits per heavy atom. The summed E-state index contributed by atoms with van der Waals surface area (Å²) in [5.74, 6) is 1.16. The van der Waals surface area contributed by atoms with E-state index in [0.29, 0.717) is 29.4 Å². The highest BCUT2D eigenvalue weighted by Gasteiger charge is 2.40. The van der Waals surface area contributed by atoms with Crippen LogP contribution in [0.2, 0.25) is 0 Å². The summed E-state index contributed by atoms with van der Waals surface area (Å²) in [7, 11) is 0. The SMILES string of the molecule is O=C(C[C@@H]1C[C@@H]2CC[C@@H]1C2)OCCN1C(=O)c2ccccc2C1=O. The lowest BCUT2D eigenvalue weighted by Crippen LogP contribution is -2.33. The number of esters is 1. The van der Waals surface area contributed by atoms with E-state index in [0.717, 1.165) is 17.2 Å². The number of hydrogen-bond acceptors (Lipinski definition) is 4. The van der Waals surface area contributed by atoms with E-state index in [4.69, 9.17) is 4.74 Å². The molecule has 1 aromatic rings. The van der Waals surface area contributed by atoms with Crippen LogP contribution in [0.25, 0.3) is 0 Å². The second-order valence-corrected chi connectivity index (χ2v) is 7.17. The molecule has 5 nitrogen and oxygen atoms in total. The average Bonchev–Trinajstić information content (AvgIpc) is 3.25. The van der Waals surface area contributed by atoms with E-state index in [1.165, 1.54) is 19.3 Å². The summed E-state index contributed by atoms with van der Waals surface area (Å²) in [6.07, 6.45) is 5.46. The molecule has 2 saturated carbocycles. The van der Waals surface area contributed by atoms with Crippen LogP contribution in [0.5, 0.6) is 0 Å². The molecule has 0 spiro atoms. The normalized spacial score (nSPS) is 27.7. The van der Waals surface area contributed by atoms with E-state index < -0.39 is 0 Å². The van der Waals surface area contributed by atoms with Gasteiger partial charge in [0.15, 0.2) is 0 Å². The van der Waals surface area contributed by atoms with Crippen LogP contribution in [0.1, 0.15) is 52.8 Å². The first kappa shape index (κ1) is 15.4. The van der Waals surface area contributed by atoms with Crippen molar-refractivity contribution >= 4 is 17.8 Å². The maximum atomic E-state index is 12.2. The van der Waals surface area contributed by atoms with Gasteiger partial charge in [-0.2, -0.15) is 0 Å². The highest BCUT2D eigenvalue weighted by Crippen LogP contribution is 2.49. The van der Waals surface area contributed by atoms with Gasteiger partial charge in [-0.05, 0) is 49.1 Å². The highest BCUT2D eigenvalue weighted by molar-refractivity contribution is 6.21. The van der Waals surface area contributed by atoms with Gasteiger partial charge in [-0.1, -0.05) is 18.6 Å². The summed E-state index contributed by atoms with van der Waals surface area (Å²) in [6.45, 7) is 0.194. The molecule has 2 bridgehead atoms. The number of rotatable bonds is 5.